The molecule has 0 N–H and O–H groups in total. The third-order valence-corrected chi connectivity index (χ3v) is 4.41. The zero-order valence-electron chi connectivity index (χ0n) is 14.5. The molecule has 0 unspecified atom stereocenters. The molecule has 0 bridgehead atoms. The molecule has 1 aliphatic heterocycles. The first kappa shape index (κ1) is 16.2. The second-order valence-electron chi connectivity index (χ2n) is 6.17. The summed E-state index contributed by atoms with van der Waals surface area (Å²) in [6, 6.07) is 15.3. The summed E-state index contributed by atoms with van der Waals surface area (Å²) in [5.41, 5.74) is 2.25. The first-order valence-corrected chi connectivity index (χ1v) is 8.54. The SMILES string of the molecule is Cc1cccc(C(=O)N2CCN(c3nnnn3-c3ccccc3)CC2)n1. The van der Waals surface area contributed by atoms with Crippen LogP contribution in [0, 0.1) is 6.92 Å². The monoisotopic (exact) mass is 349 g/mol. The summed E-state index contributed by atoms with van der Waals surface area (Å²) in [7, 11) is 0. The smallest absolute Gasteiger partial charge is 0.272 e. The molecule has 0 aliphatic carbocycles. The molecule has 0 saturated carbocycles. The Balaban J connectivity index is 1.46. The van der Waals surface area contributed by atoms with Crippen LogP contribution in [-0.4, -0.2) is 62.2 Å². The number of carbonyl (C=O) groups is 1. The minimum atomic E-state index is -0.0315. The number of rotatable bonds is 3. The number of piperazine rings is 1. The second kappa shape index (κ2) is 6.91. The summed E-state index contributed by atoms with van der Waals surface area (Å²) in [4.78, 5) is 20.9. The predicted molar refractivity (Wildman–Crippen MR) is 96.2 cm³/mol. The maximum absolute atomic E-state index is 12.6. The summed E-state index contributed by atoms with van der Waals surface area (Å²) in [5.74, 6) is 0.660. The predicted octanol–water partition coefficient (Wildman–Crippen LogP) is 1.33. The molecule has 0 radical (unpaired) electrons. The molecule has 3 aromatic rings. The van der Waals surface area contributed by atoms with Gasteiger partial charge in [0.25, 0.3) is 5.91 Å². The van der Waals surface area contributed by atoms with Gasteiger partial charge in [-0.05, 0) is 41.6 Å². The van der Waals surface area contributed by atoms with E-state index in [-0.39, 0.29) is 5.91 Å². The van der Waals surface area contributed by atoms with Gasteiger partial charge in [0.05, 0.1) is 5.69 Å². The number of aromatic nitrogens is 5. The van der Waals surface area contributed by atoms with Crippen LogP contribution in [0.1, 0.15) is 16.2 Å². The van der Waals surface area contributed by atoms with Crippen molar-refractivity contribution in [3.8, 4) is 5.69 Å². The van der Waals surface area contributed by atoms with E-state index < -0.39 is 0 Å². The van der Waals surface area contributed by atoms with Crippen molar-refractivity contribution in [2.75, 3.05) is 31.1 Å². The lowest BCUT2D eigenvalue weighted by molar-refractivity contribution is 0.0740. The van der Waals surface area contributed by atoms with Gasteiger partial charge in [0.2, 0.25) is 5.95 Å². The van der Waals surface area contributed by atoms with Crippen LogP contribution in [0.2, 0.25) is 0 Å². The number of benzene rings is 1. The maximum Gasteiger partial charge on any atom is 0.272 e. The number of aryl methyl sites for hydroxylation is 1. The van der Waals surface area contributed by atoms with Gasteiger partial charge in [-0.3, -0.25) is 4.79 Å². The Labute approximate surface area is 151 Å². The van der Waals surface area contributed by atoms with Crippen LogP contribution >= 0.6 is 0 Å². The van der Waals surface area contributed by atoms with Crippen LogP contribution in [0.25, 0.3) is 5.69 Å². The van der Waals surface area contributed by atoms with Crippen LogP contribution in [0.15, 0.2) is 48.5 Å². The van der Waals surface area contributed by atoms with Crippen LogP contribution in [0.5, 0.6) is 0 Å². The van der Waals surface area contributed by atoms with Gasteiger partial charge in [-0.15, -0.1) is 0 Å². The van der Waals surface area contributed by atoms with E-state index in [1.54, 1.807) is 10.7 Å². The number of hydrogen-bond acceptors (Lipinski definition) is 6. The van der Waals surface area contributed by atoms with Gasteiger partial charge in [-0.25, -0.2) is 4.98 Å². The standard InChI is InChI=1S/C18H19N7O/c1-14-6-5-9-16(19-14)17(26)23-10-12-24(13-11-23)18-20-21-22-25(18)15-7-3-2-4-8-15/h2-9H,10-13H2,1H3. The van der Waals surface area contributed by atoms with E-state index in [1.807, 2.05) is 54.3 Å². The third kappa shape index (κ3) is 3.13. The first-order chi connectivity index (χ1) is 12.7. The zero-order valence-corrected chi connectivity index (χ0v) is 14.5. The van der Waals surface area contributed by atoms with Gasteiger partial charge in [0, 0.05) is 31.9 Å². The van der Waals surface area contributed by atoms with Crippen LogP contribution in [-0.2, 0) is 0 Å². The van der Waals surface area contributed by atoms with Crippen molar-refractivity contribution >= 4 is 11.9 Å². The van der Waals surface area contributed by atoms with Crippen molar-refractivity contribution in [3.63, 3.8) is 0 Å². The van der Waals surface area contributed by atoms with Crippen LogP contribution in [0.3, 0.4) is 0 Å². The molecule has 2 aromatic heterocycles. The molecule has 3 heterocycles. The Morgan fingerprint density at radius 2 is 1.73 bits per heavy atom. The van der Waals surface area contributed by atoms with Gasteiger partial charge < -0.3 is 9.80 Å². The molecule has 8 nitrogen and oxygen atoms in total. The number of pyridine rings is 1. The van der Waals surface area contributed by atoms with E-state index in [2.05, 4.69) is 25.4 Å². The highest BCUT2D eigenvalue weighted by atomic mass is 16.2. The lowest BCUT2D eigenvalue weighted by Gasteiger charge is -2.34. The molecule has 132 valence electrons. The molecule has 4 rings (SSSR count). The minimum Gasteiger partial charge on any atom is -0.336 e. The fraction of sp³-hybridized carbons (Fsp3) is 0.278. The van der Waals surface area contributed by atoms with Crippen molar-refractivity contribution in [1.29, 1.82) is 0 Å². The van der Waals surface area contributed by atoms with E-state index in [9.17, 15) is 4.79 Å². The number of amides is 1. The van der Waals surface area contributed by atoms with Crippen LogP contribution in [0.4, 0.5) is 5.95 Å². The Morgan fingerprint density at radius 3 is 2.46 bits per heavy atom. The zero-order chi connectivity index (χ0) is 17.9. The van der Waals surface area contributed by atoms with Gasteiger partial charge in [-0.1, -0.05) is 29.4 Å². The molecular weight excluding hydrogens is 330 g/mol. The largest absolute Gasteiger partial charge is 0.336 e. The average molecular weight is 349 g/mol. The van der Waals surface area contributed by atoms with Crippen molar-refractivity contribution < 1.29 is 4.79 Å². The van der Waals surface area contributed by atoms with E-state index >= 15 is 0 Å². The molecule has 1 amide bonds. The Kier molecular flexibility index (Phi) is 4.30. The molecule has 1 saturated heterocycles. The molecular formula is C18H19N7O. The molecule has 8 heteroatoms. The Bertz CT molecular complexity index is 901. The summed E-state index contributed by atoms with van der Waals surface area (Å²) < 4.78 is 1.72. The number of para-hydroxylation sites is 1. The van der Waals surface area contributed by atoms with Gasteiger partial charge in [0.15, 0.2) is 0 Å². The van der Waals surface area contributed by atoms with E-state index in [4.69, 9.17) is 0 Å². The highest BCUT2D eigenvalue weighted by molar-refractivity contribution is 5.92. The fourth-order valence-electron chi connectivity index (χ4n) is 3.05. The summed E-state index contributed by atoms with van der Waals surface area (Å²) >= 11 is 0. The maximum atomic E-state index is 12.6. The van der Waals surface area contributed by atoms with Gasteiger partial charge in [0.1, 0.15) is 5.69 Å². The van der Waals surface area contributed by atoms with Crippen molar-refractivity contribution in [2.45, 2.75) is 6.92 Å². The van der Waals surface area contributed by atoms with Gasteiger partial charge >= 0.3 is 0 Å². The number of nitrogens with zero attached hydrogens (tertiary/aromatic N) is 7. The summed E-state index contributed by atoms with van der Waals surface area (Å²) in [5, 5.41) is 12.1. The molecule has 1 aliphatic rings. The van der Waals surface area contributed by atoms with E-state index in [0.717, 1.165) is 11.4 Å². The quantitative estimate of drug-likeness (QED) is 0.710. The van der Waals surface area contributed by atoms with E-state index in [1.165, 1.54) is 0 Å². The topological polar surface area (TPSA) is 80.0 Å². The average Bonchev–Trinajstić information content (AvgIpc) is 3.18. The highest BCUT2D eigenvalue weighted by Crippen LogP contribution is 2.17. The Morgan fingerprint density at radius 1 is 0.962 bits per heavy atom. The molecule has 0 spiro atoms. The van der Waals surface area contributed by atoms with Crippen molar-refractivity contribution in [2.24, 2.45) is 0 Å². The number of carbonyl (C=O) groups excluding carboxylic acids is 1. The van der Waals surface area contributed by atoms with Crippen molar-refractivity contribution in [1.82, 2.24) is 30.1 Å². The lowest BCUT2D eigenvalue weighted by atomic mass is 10.2. The summed E-state index contributed by atoms with van der Waals surface area (Å²) in [6.45, 7) is 4.44. The van der Waals surface area contributed by atoms with Gasteiger partial charge in [-0.2, -0.15) is 4.68 Å². The van der Waals surface area contributed by atoms with Crippen molar-refractivity contribution in [3.05, 3.63) is 59.9 Å². The minimum absolute atomic E-state index is 0.0315. The number of anilines is 1. The van der Waals surface area contributed by atoms with Crippen LogP contribution < -0.4 is 4.90 Å². The lowest BCUT2D eigenvalue weighted by Crippen LogP contribution is -2.49. The Hall–Kier alpha value is -3.29. The molecule has 0 atom stereocenters. The highest BCUT2D eigenvalue weighted by Gasteiger charge is 2.26. The number of tetrazole rings is 1. The molecule has 1 fully saturated rings. The fourth-order valence-corrected chi connectivity index (χ4v) is 3.05. The molecule has 1 aromatic carbocycles. The summed E-state index contributed by atoms with van der Waals surface area (Å²) in [6.07, 6.45) is 0. The first-order valence-electron chi connectivity index (χ1n) is 8.54. The van der Waals surface area contributed by atoms with E-state index in [0.29, 0.717) is 37.8 Å². The normalized spacial score (nSPS) is 14.5. The molecule has 26 heavy (non-hydrogen) atoms. The number of hydrogen-bond donors (Lipinski definition) is 0. The second-order valence-corrected chi connectivity index (χ2v) is 6.17. The third-order valence-electron chi connectivity index (χ3n) is 4.41.